The SMILES string of the molecule is CCC(N)(CC)CNS(=O)(=O)c1ccc(OC)cc1Br.Cl. The van der Waals surface area contributed by atoms with Crippen LogP contribution in [0, 0.1) is 0 Å². The molecule has 0 atom stereocenters. The molecule has 1 aromatic rings. The number of nitrogens with two attached hydrogens (primary N) is 1. The first-order chi connectivity index (χ1) is 9.28. The third-order valence-electron chi connectivity index (χ3n) is 3.45. The van der Waals surface area contributed by atoms with Crippen LogP contribution in [0.5, 0.6) is 5.75 Å². The molecule has 0 radical (unpaired) electrons. The molecule has 1 rings (SSSR count). The van der Waals surface area contributed by atoms with Gasteiger partial charge in [-0.1, -0.05) is 13.8 Å². The maximum Gasteiger partial charge on any atom is 0.241 e. The molecule has 0 amide bonds. The Hall–Kier alpha value is -0.340. The van der Waals surface area contributed by atoms with Crippen LogP contribution >= 0.6 is 28.3 Å². The summed E-state index contributed by atoms with van der Waals surface area (Å²) < 4.78 is 32.7. The number of nitrogens with one attached hydrogen (secondary N) is 1. The fraction of sp³-hybridized carbons (Fsp3) is 0.538. The van der Waals surface area contributed by atoms with E-state index in [2.05, 4.69) is 20.7 Å². The van der Waals surface area contributed by atoms with Gasteiger partial charge in [0.25, 0.3) is 0 Å². The van der Waals surface area contributed by atoms with E-state index < -0.39 is 15.6 Å². The molecule has 0 spiro atoms. The van der Waals surface area contributed by atoms with Gasteiger partial charge in [0.2, 0.25) is 10.0 Å². The molecule has 8 heteroatoms. The summed E-state index contributed by atoms with van der Waals surface area (Å²) in [6.07, 6.45) is 1.41. The molecule has 0 aliphatic heterocycles. The molecule has 0 heterocycles. The van der Waals surface area contributed by atoms with Crippen LogP contribution in [-0.2, 0) is 10.0 Å². The highest BCUT2D eigenvalue weighted by Crippen LogP contribution is 2.26. The van der Waals surface area contributed by atoms with Crippen molar-refractivity contribution in [1.82, 2.24) is 4.72 Å². The van der Waals surface area contributed by atoms with E-state index in [4.69, 9.17) is 10.5 Å². The first-order valence-corrected chi connectivity index (χ1v) is 8.67. The van der Waals surface area contributed by atoms with Gasteiger partial charge in [-0.15, -0.1) is 12.4 Å². The number of halogens is 2. The highest BCUT2D eigenvalue weighted by Gasteiger charge is 2.25. The number of hydrogen-bond acceptors (Lipinski definition) is 4. The molecule has 0 bridgehead atoms. The molecule has 0 aromatic heterocycles. The van der Waals surface area contributed by atoms with E-state index >= 15 is 0 Å². The number of sulfonamides is 1. The van der Waals surface area contributed by atoms with E-state index in [1.165, 1.54) is 13.2 Å². The zero-order valence-corrected chi connectivity index (χ0v) is 15.6. The standard InChI is InChI=1S/C13H21BrN2O3S.ClH/c1-4-13(15,5-2)9-16-20(17,18)12-7-6-10(19-3)8-11(12)14;/h6-8,16H,4-5,9,15H2,1-3H3;1H. The van der Waals surface area contributed by atoms with Gasteiger partial charge in [-0.25, -0.2) is 13.1 Å². The molecule has 0 fully saturated rings. The van der Waals surface area contributed by atoms with Gasteiger partial charge < -0.3 is 10.5 Å². The Bertz CT molecular complexity index is 563. The minimum absolute atomic E-state index is 0. The average molecular weight is 402 g/mol. The molecule has 0 saturated carbocycles. The third kappa shape index (κ3) is 5.41. The van der Waals surface area contributed by atoms with Gasteiger partial charge in [0.15, 0.2) is 0 Å². The van der Waals surface area contributed by atoms with Crippen molar-refractivity contribution in [3.63, 3.8) is 0 Å². The lowest BCUT2D eigenvalue weighted by Gasteiger charge is -2.26. The van der Waals surface area contributed by atoms with Gasteiger partial charge in [0.05, 0.1) is 12.0 Å². The summed E-state index contributed by atoms with van der Waals surface area (Å²) in [5.41, 5.74) is 5.59. The van der Waals surface area contributed by atoms with Gasteiger partial charge in [-0.3, -0.25) is 0 Å². The van der Waals surface area contributed by atoms with Crippen LogP contribution in [0.1, 0.15) is 26.7 Å². The second-order valence-electron chi connectivity index (χ2n) is 4.69. The second kappa shape index (κ2) is 8.33. The smallest absolute Gasteiger partial charge is 0.241 e. The van der Waals surface area contributed by atoms with Gasteiger partial charge >= 0.3 is 0 Å². The Labute approximate surface area is 141 Å². The zero-order chi connectivity index (χ0) is 15.4. The maximum atomic E-state index is 12.3. The zero-order valence-electron chi connectivity index (χ0n) is 12.3. The largest absolute Gasteiger partial charge is 0.497 e. The van der Waals surface area contributed by atoms with Crippen LogP contribution in [0.25, 0.3) is 0 Å². The minimum atomic E-state index is -3.60. The summed E-state index contributed by atoms with van der Waals surface area (Å²) >= 11 is 3.25. The van der Waals surface area contributed by atoms with Crippen molar-refractivity contribution in [1.29, 1.82) is 0 Å². The van der Waals surface area contributed by atoms with Crippen molar-refractivity contribution in [2.45, 2.75) is 37.1 Å². The lowest BCUT2D eigenvalue weighted by Crippen LogP contribution is -2.49. The summed E-state index contributed by atoms with van der Waals surface area (Å²) in [5.74, 6) is 0.589. The van der Waals surface area contributed by atoms with Crippen molar-refractivity contribution >= 4 is 38.4 Å². The van der Waals surface area contributed by atoms with Crippen molar-refractivity contribution in [3.05, 3.63) is 22.7 Å². The van der Waals surface area contributed by atoms with Gasteiger partial charge in [0.1, 0.15) is 5.75 Å². The molecule has 5 nitrogen and oxygen atoms in total. The lowest BCUT2D eigenvalue weighted by atomic mass is 9.95. The van der Waals surface area contributed by atoms with E-state index in [1.54, 1.807) is 12.1 Å². The quantitative estimate of drug-likeness (QED) is 0.736. The third-order valence-corrected chi connectivity index (χ3v) is 5.83. The van der Waals surface area contributed by atoms with Crippen molar-refractivity contribution in [2.75, 3.05) is 13.7 Å². The Balaban J connectivity index is 0.00000400. The van der Waals surface area contributed by atoms with Gasteiger partial charge in [-0.05, 0) is 47.0 Å². The van der Waals surface area contributed by atoms with Crippen molar-refractivity contribution in [3.8, 4) is 5.75 Å². The van der Waals surface area contributed by atoms with Crippen LogP contribution in [0.2, 0.25) is 0 Å². The topological polar surface area (TPSA) is 81.4 Å². The molecular formula is C13H22BrClN2O3S. The van der Waals surface area contributed by atoms with Gasteiger partial charge in [0, 0.05) is 16.6 Å². The first kappa shape index (κ1) is 20.7. The summed E-state index contributed by atoms with van der Waals surface area (Å²) in [4.78, 5) is 0.174. The predicted molar refractivity (Wildman–Crippen MR) is 90.6 cm³/mol. The molecule has 0 saturated heterocycles. The van der Waals surface area contributed by atoms with Crippen molar-refractivity contribution in [2.24, 2.45) is 5.73 Å². The molecule has 0 aliphatic rings. The highest BCUT2D eigenvalue weighted by atomic mass is 79.9. The summed E-state index contributed by atoms with van der Waals surface area (Å²) in [7, 11) is -2.07. The first-order valence-electron chi connectivity index (χ1n) is 6.40. The van der Waals surface area contributed by atoms with Crippen molar-refractivity contribution < 1.29 is 13.2 Å². The molecule has 0 aliphatic carbocycles. The highest BCUT2D eigenvalue weighted by molar-refractivity contribution is 9.10. The maximum absolute atomic E-state index is 12.3. The van der Waals surface area contributed by atoms with E-state index in [1.807, 2.05) is 13.8 Å². The molecule has 3 N–H and O–H groups in total. The summed E-state index contributed by atoms with van der Waals surface area (Å²) in [6.45, 7) is 4.10. The fourth-order valence-corrected chi connectivity index (χ4v) is 3.84. The second-order valence-corrected chi connectivity index (χ2v) is 7.28. The molecule has 0 unspecified atom stereocenters. The van der Waals surface area contributed by atoms with E-state index in [9.17, 15) is 8.42 Å². The molecule has 122 valence electrons. The van der Waals surface area contributed by atoms with E-state index in [0.29, 0.717) is 23.1 Å². The monoisotopic (exact) mass is 400 g/mol. The number of rotatable bonds is 7. The van der Waals surface area contributed by atoms with Crippen LogP contribution in [0.3, 0.4) is 0 Å². The predicted octanol–water partition coefficient (Wildman–Crippen LogP) is 2.68. The lowest BCUT2D eigenvalue weighted by molar-refractivity contribution is 0.391. The summed E-state index contributed by atoms with van der Waals surface area (Å²) in [6, 6.07) is 4.72. The normalized spacial score (nSPS) is 11.9. The van der Waals surface area contributed by atoms with Gasteiger partial charge in [-0.2, -0.15) is 0 Å². The number of methoxy groups -OCH3 is 1. The van der Waals surface area contributed by atoms with E-state index in [-0.39, 0.29) is 23.8 Å². The number of ether oxygens (including phenoxy) is 1. The Morgan fingerprint density at radius 2 is 1.90 bits per heavy atom. The number of hydrogen-bond donors (Lipinski definition) is 2. The Kier molecular flexibility index (Phi) is 8.20. The fourth-order valence-electron chi connectivity index (χ4n) is 1.64. The van der Waals surface area contributed by atoms with Crippen LogP contribution in [0.4, 0.5) is 0 Å². The minimum Gasteiger partial charge on any atom is -0.497 e. The average Bonchev–Trinajstić information content (AvgIpc) is 2.44. The molecule has 1 aromatic carbocycles. The Morgan fingerprint density at radius 1 is 1.33 bits per heavy atom. The molecular weight excluding hydrogens is 380 g/mol. The van der Waals surface area contributed by atoms with Crippen LogP contribution in [0.15, 0.2) is 27.6 Å². The van der Waals surface area contributed by atoms with Crippen LogP contribution in [-0.4, -0.2) is 27.6 Å². The van der Waals surface area contributed by atoms with Crippen LogP contribution < -0.4 is 15.2 Å². The van der Waals surface area contributed by atoms with E-state index in [0.717, 1.165) is 0 Å². The Morgan fingerprint density at radius 3 is 2.33 bits per heavy atom. The molecule has 21 heavy (non-hydrogen) atoms. The summed E-state index contributed by atoms with van der Waals surface area (Å²) in [5, 5.41) is 0. The number of benzene rings is 1.